The Morgan fingerprint density at radius 2 is 1.75 bits per heavy atom. The summed E-state index contributed by atoms with van der Waals surface area (Å²) >= 11 is 13.0. The standard InChI is InChI=1S/C20H18Cl2N8O2/c1-30-9-11(8-26-30)27-20-25-10-24-19(29-20)12-5-4-6-23-18(12)28-17-15(21)13(31-2)7-14(32-3)16(17)22/h4-10H,1-3H3,(H,23,28)(H,24,25,27,29). The van der Waals surface area contributed by atoms with E-state index in [2.05, 4.69) is 35.7 Å². The third-order valence-electron chi connectivity index (χ3n) is 4.40. The third kappa shape index (κ3) is 4.36. The topological polar surface area (TPSA) is 112 Å². The van der Waals surface area contributed by atoms with Crippen molar-refractivity contribution in [3.63, 3.8) is 0 Å². The highest BCUT2D eigenvalue weighted by molar-refractivity contribution is 6.41. The summed E-state index contributed by atoms with van der Waals surface area (Å²) in [6.07, 6.45) is 6.51. The van der Waals surface area contributed by atoms with Gasteiger partial charge in [0.25, 0.3) is 0 Å². The largest absolute Gasteiger partial charge is 0.495 e. The average Bonchev–Trinajstić information content (AvgIpc) is 3.21. The van der Waals surface area contributed by atoms with Gasteiger partial charge in [-0.3, -0.25) is 4.68 Å². The number of rotatable bonds is 7. The van der Waals surface area contributed by atoms with Crippen LogP contribution in [0.1, 0.15) is 0 Å². The van der Waals surface area contributed by atoms with Crippen LogP contribution in [0.15, 0.2) is 43.1 Å². The summed E-state index contributed by atoms with van der Waals surface area (Å²) in [5.74, 6) is 1.98. The van der Waals surface area contributed by atoms with E-state index in [1.54, 1.807) is 35.4 Å². The maximum Gasteiger partial charge on any atom is 0.230 e. The molecule has 32 heavy (non-hydrogen) atoms. The molecular weight excluding hydrogens is 455 g/mol. The zero-order valence-corrected chi connectivity index (χ0v) is 18.8. The van der Waals surface area contributed by atoms with E-state index >= 15 is 0 Å². The maximum absolute atomic E-state index is 6.49. The molecule has 0 unspecified atom stereocenters. The summed E-state index contributed by atoms with van der Waals surface area (Å²) < 4.78 is 12.3. The molecule has 0 amide bonds. The minimum atomic E-state index is 0.282. The summed E-state index contributed by atoms with van der Waals surface area (Å²) in [6, 6.07) is 5.20. The van der Waals surface area contributed by atoms with Crippen LogP contribution in [0.5, 0.6) is 11.5 Å². The van der Waals surface area contributed by atoms with Crippen molar-refractivity contribution >= 4 is 46.3 Å². The Labute approximate surface area is 193 Å². The monoisotopic (exact) mass is 472 g/mol. The van der Waals surface area contributed by atoms with Crippen LogP contribution in [0.25, 0.3) is 11.4 Å². The molecule has 0 spiro atoms. The smallest absolute Gasteiger partial charge is 0.230 e. The Morgan fingerprint density at radius 1 is 1.00 bits per heavy atom. The number of anilines is 4. The minimum absolute atomic E-state index is 0.282. The van der Waals surface area contributed by atoms with Crippen LogP contribution >= 0.6 is 23.2 Å². The van der Waals surface area contributed by atoms with Gasteiger partial charge in [0.05, 0.1) is 37.4 Å². The fourth-order valence-electron chi connectivity index (χ4n) is 2.90. The van der Waals surface area contributed by atoms with Crippen LogP contribution < -0.4 is 20.1 Å². The van der Waals surface area contributed by atoms with Crippen LogP contribution in [0.2, 0.25) is 10.0 Å². The Bertz CT molecular complexity index is 1240. The van der Waals surface area contributed by atoms with E-state index < -0.39 is 0 Å². The molecule has 0 bridgehead atoms. The van der Waals surface area contributed by atoms with Gasteiger partial charge in [0.2, 0.25) is 5.95 Å². The summed E-state index contributed by atoms with van der Waals surface area (Å²) in [4.78, 5) is 17.4. The van der Waals surface area contributed by atoms with E-state index in [9.17, 15) is 0 Å². The zero-order valence-electron chi connectivity index (χ0n) is 17.3. The molecule has 1 aromatic carbocycles. The second-order valence-corrected chi connectivity index (χ2v) is 7.22. The van der Waals surface area contributed by atoms with Crippen LogP contribution in [0, 0.1) is 0 Å². The maximum atomic E-state index is 6.49. The molecule has 0 saturated heterocycles. The number of nitrogens with one attached hydrogen (secondary N) is 2. The van der Waals surface area contributed by atoms with Gasteiger partial charge in [0.15, 0.2) is 5.82 Å². The first-order chi connectivity index (χ1) is 15.5. The zero-order chi connectivity index (χ0) is 22.7. The van der Waals surface area contributed by atoms with Gasteiger partial charge in [-0.05, 0) is 12.1 Å². The number of nitrogens with zero attached hydrogens (tertiary/aromatic N) is 6. The minimum Gasteiger partial charge on any atom is -0.495 e. The summed E-state index contributed by atoms with van der Waals surface area (Å²) in [5.41, 5.74) is 1.74. The van der Waals surface area contributed by atoms with Gasteiger partial charge in [0, 0.05) is 25.5 Å². The van der Waals surface area contributed by atoms with Crippen molar-refractivity contribution in [3.05, 3.63) is 53.2 Å². The first-order valence-electron chi connectivity index (χ1n) is 9.27. The van der Waals surface area contributed by atoms with Crippen LogP contribution in [-0.2, 0) is 7.05 Å². The quantitative estimate of drug-likeness (QED) is 0.401. The Morgan fingerprint density at radius 3 is 2.41 bits per heavy atom. The number of aryl methyl sites for hydroxylation is 1. The normalized spacial score (nSPS) is 10.7. The molecule has 2 N–H and O–H groups in total. The lowest BCUT2D eigenvalue weighted by molar-refractivity contribution is 0.395. The molecule has 3 heterocycles. The van der Waals surface area contributed by atoms with Gasteiger partial charge >= 0.3 is 0 Å². The van der Waals surface area contributed by atoms with Gasteiger partial charge in [-0.15, -0.1) is 0 Å². The van der Waals surface area contributed by atoms with Gasteiger partial charge < -0.3 is 20.1 Å². The number of pyridine rings is 1. The molecule has 12 heteroatoms. The Balaban J connectivity index is 1.72. The highest BCUT2D eigenvalue weighted by Crippen LogP contribution is 2.45. The van der Waals surface area contributed by atoms with Crippen molar-refractivity contribution in [2.24, 2.45) is 7.05 Å². The van der Waals surface area contributed by atoms with Crippen molar-refractivity contribution in [2.45, 2.75) is 0 Å². The average molecular weight is 473 g/mol. The van der Waals surface area contributed by atoms with Crippen LogP contribution in [0.4, 0.5) is 23.1 Å². The predicted octanol–water partition coefficient (Wildman–Crippen LogP) is 4.48. The number of halogens is 2. The van der Waals surface area contributed by atoms with E-state index in [4.69, 9.17) is 32.7 Å². The Kier molecular flexibility index (Phi) is 6.24. The first-order valence-corrected chi connectivity index (χ1v) is 10.0. The Hall–Kier alpha value is -3.63. The highest BCUT2D eigenvalue weighted by atomic mass is 35.5. The van der Waals surface area contributed by atoms with Gasteiger partial charge in [-0.2, -0.15) is 10.1 Å². The van der Waals surface area contributed by atoms with Crippen molar-refractivity contribution in [2.75, 3.05) is 24.9 Å². The molecule has 164 valence electrons. The molecule has 0 radical (unpaired) electrons. The summed E-state index contributed by atoms with van der Waals surface area (Å²) in [5, 5.41) is 10.9. The van der Waals surface area contributed by atoms with Gasteiger partial charge in [-0.1, -0.05) is 23.2 Å². The molecule has 0 aliphatic rings. The molecule has 4 aromatic rings. The van der Waals surface area contributed by atoms with Crippen molar-refractivity contribution in [1.29, 1.82) is 0 Å². The summed E-state index contributed by atoms with van der Waals surface area (Å²) in [6.45, 7) is 0. The molecule has 4 rings (SSSR count). The second-order valence-electron chi connectivity index (χ2n) is 6.47. The van der Waals surface area contributed by atoms with Crippen molar-refractivity contribution < 1.29 is 9.47 Å². The fourth-order valence-corrected chi connectivity index (χ4v) is 3.50. The van der Waals surface area contributed by atoms with E-state index in [0.29, 0.717) is 40.3 Å². The molecule has 3 aromatic heterocycles. The fraction of sp³-hybridized carbons (Fsp3) is 0.150. The van der Waals surface area contributed by atoms with Crippen molar-refractivity contribution in [1.82, 2.24) is 29.7 Å². The number of methoxy groups -OCH3 is 2. The first kappa shape index (κ1) is 21.6. The lowest BCUT2D eigenvalue weighted by atomic mass is 10.2. The number of hydrogen-bond acceptors (Lipinski definition) is 9. The van der Waals surface area contributed by atoms with Gasteiger partial charge in [0.1, 0.15) is 33.7 Å². The molecule has 0 fully saturated rings. The third-order valence-corrected chi connectivity index (χ3v) is 5.15. The molecular formula is C20H18Cl2N8O2. The van der Waals surface area contributed by atoms with Crippen LogP contribution in [-0.4, -0.2) is 43.9 Å². The molecule has 10 nitrogen and oxygen atoms in total. The lowest BCUT2D eigenvalue weighted by Gasteiger charge is -2.17. The van der Waals surface area contributed by atoms with E-state index in [1.165, 1.54) is 20.5 Å². The molecule has 0 atom stereocenters. The number of ether oxygens (including phenoxy) is 2. The number of aromatic nitrogens is 6. The lowest BCUT2D eigenvalue weighted by Crippen LogP contribution is -2.03. The van der Waals surface area contributed by atoms with Crippen molar-refractivity contribution in [3.8, 4) is 22.9 Å². The van der Waals surface area contributed by atoms with E-state index in [0.717, 1.165) is 5.69 Å². The number of benzene rings is 1. The van der Waals surface area contributed by atoms with Crippen LogP contribution in [0.3, 0.4) is 0 Å². The molecule has 0 aliphatic heterocycles. The number of hydrogen-bond donors (Lipinski definition) is 2. The molecule has 0 aliphatic carbocycles. The second kappa shape index (κ2) is 9.25. The molecule has 0 saturated carbocycles. The predicted molar refractivity (Wildman–Crippen MR) is 122 cm³/mol. The van der Waals surface area contributed by atoms with Gasteiger partial charge in [-0.25, -0.2) is 15.0 Å². The highest BCUT2D eigenvalue weighted by Gasteiger charge is 2.20. The van der Waals surface area contributed by atoms with E-state index in [-0.39, 0.29) is 10.0 Å². The summed E-state index contributed by atoms with van der Waals surface area (Å²) in [7, 11) is 4.83. The SMILES string of the molecule is COc1cc(OC)c(Cl)c(Nc2ncccc2-c2ncnc(Nc3cnn(C)c3)n2)c1Cl. The van der Waals surface area contributed by atoms with E-state index in [1.807, 2.05) is 13.1 Å².